The zero-order chi connectivity index (χ0) is 13.1. The van der Waals surface area contributed by atoms with E-state index in [1.807, 2.05) is 17.5 Å². The van der Waals surface area contributed by atoms with Gasteiger partial charge in [0.2, 0.25) is 5.91 Å². The van der Waals surface area contributed by atoms with Crippen molar-refractivity contribution in [2.24, 2.45) is 0 Å². The van der Waals surface area contributed by atoms with Crippen LogP contribution in [0.2, 0.25) is 15.1 Å². The summed E-state index contributed by atoms with van der Waals surface area (Å²) in [6.07, 6.45) is 0.314. The first kappa shape index (κ1) is 13.7. The summed E-state index contributed by atoms with van der Waals surface area (Å²) < 4.78 is 0. The second-order valence-corrected chi connectivity index (χ2v) is 5.80. The highest BCUT2D eigenvalue weighted by Crippen LogP contribution is 2.32. The Labute approximate surface area is 123 Å². The predicted octanol–water partition coefficient (Wildman–Crippen LogP) is 4.89. The number of anilines is 1. The van der Waals surface area contributed by atoms with Gasteiger partial charge in [-0.3, -0.25) is 4.79 Å². The van der Waals surface area contributed by atoms with Crippen LogP contribution in [0.15, 0.2) is 29.6 Å². The summed E-state index contributed by atoms with van der Waals surface area (Å²) in [4.78, 5) is 12.8. The van der Waals surface area contributed by atoms with Gasteiger partial charge >= 0.3 is 0 Å². The number of thiophene rings is 1. The number of benzene rings is 1. The van der Waals surface area contributed by atoms with Gasteiger partial charge in [0.1, 0.15) is 0 Å². The second kappa shape index (κ2) is 5.93. The van der Waals surface area contributed by atoms with Crippen molar-refractivity contribution in [1.29, 1.82) is 0 Å². The Morgan fingerprint density at radius 3 is 2.56 bits per heavy atom. The van der Waals surface area contributed by atoms with Crippen LogP contribution in [-0.2, 0) is 11.2 Å². The fraction of sp³-hybridized carbons (Fsp3) is 0.0833. The smallest absolute Gasteiger partial charge is 0.229 e. The summed E-state index contributed by atoms with van der Waals surface area (Å²) in [5, 5.41) is 5.71. The minimum atomic E-state index is -0.141. The number of nitrogens with one attached hydrogen (secondary N) is 1. The molecule has 0 atom stereocenters. The monoisotopic (exact) mass is 319 g/mol. The fourth-order valence-electron chi connectivity index (χ4n) is 1.38. The molecule has 2 nitrogen and oxygen atoms in total. The molecule has 0 aliphatic rings. The predicted molar refractivity (Wildman–Crippen MR) is 78.1 cm³/mol. The summed E-state index contributed by atoms with van der Waals surface area (Å²) in [6, 6.07) is 6.85. The molecule has 0 unspecified atom stereocenters. The molecule has 1 aromatic carbocycles. The molecule has 6 heteroatoms. The van der Waals surface area contributed by atoms with Crippen LogP contribution < -0.4 is 5.32 Å². The lowest BCUT2D eigenvalue weighted by Crippen LogP contribution is -2.14. The Morgan fingerprint density at radius 1 is 1.17 bits per heavy atom. The summed E-state index contributed by atoms with van der Waals surface area (Å²) in [6.45, 7) is 0. The SMILES string of the molecule is O=C(Cc1cccs1)Nc1cc(Cl)c(Cl)cc1Cl. The van der Waals surface area contributed by atoms with Crippen molar-refractivity contribution in [3.8, 4) is 0 Å². The van der Waals surface area contributed by atoms with E-state index in [2.05, 4.69) is 5.32 Å². The van der Waals surface area contributed by atoms with Crippen LogP contribution in [0.5, 0.6) is 0 Å². The maximum atomic E-state index is 11.8. The van der Waals surface area contributed by atoms with Gasteiger partial charge in [-0.15, -0.1) is 11.3 Å². The zero-order valence-corrected chi connectivity index (χ0v) is 12.1. The van der Waals surface area contributed by atoms with Crippen LogP contribution in [0.3, 0.4) is 0 Å². The topological polar surface area (TPSA) is 29.1 Å². The molecule has 18 heavy (non-hydrogen) atoms. The van der Waals surface area contributed by atoms with E-state index in [1.165, 1.54) is 17.4 Å². The van der Waals surface area contributed by atoms with Crippen molar-refractivity contribution >= 4 is 57.7 Å². The number of amides is 1. The van der Waals surface area contributed by atoms with Crippen LogP contribution in [0.25, 0.3) is 0 Å². The van der Waals surface area contributed by atoms with Crippen molar-refractivity contribution in [3.05, 3.63) is 49.6 Å². The van der Waals surface area contributed by atoms with Gasteiger partial charge in [0, 0.05) is 4.88 Å². The third kappa shape index (κ3) is 3.39. The average molecular weight is 321 g/mol. The largest absolute Gasteiger partial charge is 0.324 e. The number of halogens is 3. The van der Waals surface area contributed by atoms with E-state index >= 15 is 0 Å². The van der Waals surface area contributed by atoms with E-state index in [0.29, 0.717) is 27.2 Å². The van der Waals surface area contributed by atoms with E-state index in [-0.39, 0.29) is 5.91 Å². The Balaban J connectivity index is 2.09. The molecule has 1 amide bonds. The van der Waals surface area contributed by atoms with Gasteiger partial charge in [-0.05, 0) is 23.6 Å². The Kier molecular flexibility index (Phi) is 4.51. The van der Waals surface area contributed by atoms with E-state index in [0.717, 1.165) is 4.88 Å². The third-order valence-corrected chi connectivity index (χ3v) is 4.11. The molecule has 0 bridgehead atoms. The van der Waals surface area contributed by atoms with E-state index in [4.69, 9.17) is 34.8 Å². The second-order valence-electron chi connectivity index (χ2n) is 3.55. The van der Waals surface area contributed by atoms with Crippen LogP contribution in [0.1, 0.15) is 4.88 Å². The number of rotatable bonds is 3. The molecule has 0 saturated carbocycles. The van der Waals surface area contributed by atoms with Gasteiger partial charge in [0.05, 0.1) is 27.2 Å². The first-order valence-electron chi connectivity index (χ1n) is 5.03. The van der Waals surface area contributed by atoms with Gasteiger partial charge in [0.15, 0.2) is 0 Å². The lowest BCUT2D eigenvalue weighted by atomic mass is 10.3. The number of hydrogen-bond acceptors (Lipinski definition) is 2. The van der Waals surface area contributed by atoms with Gasteiger partial charge in [0.25, 0.3) is 0 Å². The van der Waals surface area contributed by atoms with Crippen molar-refractivity contribution in [3.63, 3.8) is 0 Å². The molecular weight excluding hydrogens is 313 g/mol. The standard InChI is InChI=1S/C12H8Cl3NOS/c13-8-5-10(15)11(6-9(8)14)16-12(17)4-7-2-1-3-18-7/h1-3,5-6H,4H2,(H,16,17). The van der Waals surface area contributed by atoms with Crippen LogP contribution in [0.4, 0.5) is 5.69 Å². The first-order chi connectivity index (χ1) is 8.56. The highest BCUT2D eigenvalue weighted by atomic mass is 35.5. The van der Waals surface area contributed by atoms with Gasteiger partial charge in [-0.1, -0.05) is 40.9 Å². The molecule has 1 aromatic heterocycles. The fourth-order valence-corrected chi connectivity index (χ4v) is 2.68. The van der Waals surface area contributed by atoms with E-state index < -0.39 is 0 Å². The molecule has 0 spiro atoms. The number of carbonyl (C=O) groups is 1. The van der Waals surface area contributed by atoms with E-state index in [9.17, 15) is 4.79 Å². The molecular formula is C12H8Cl3NOS. The quantitative estimate of drug-likeness (QED) is 0.802. The zero-order valence-electron chi connectivity index (χ0n) is 9.04. The molecule has 1 heterocycles. The maximum absolute atomic E-state index is 11.8. The lowest BCUT2D eigenvalue weighted by Gasteiger charge is -2.08. The third-order valence-electron chi connectivity index (χ3n) is 2.20. The Hall–Kier alpha value is -0.740. The first-order valence-corrected chi connectivity index (χ1v) is 7.04. The molecule has 0 aliphatic heterocycles. The molecule has 0 saturated heterocycles. The molecule has 1 N–H and O–H groups in total. The number of carbonyl (C=O) groups excluding carboxylic acids is 1. The number of hydrogen-bond donors (Lipinski definition) is 1. The van der Waals surface area contributed by atoms with Crippen molar-refractivity contribution in [2.45, 2.75) is 6.42 Å². The molecule has 0 fully saturated rings. The van der Waals surface area contributed by atoms with Crippen LogP contribution >= 0.6 is 46.1 Å². The average Bonchev–Trinajstić information content (AvgIpc) is 2.78. The van der Waals surface area contributed by atoms with Crippen LogP contribution in [0, 0.1) is 0 Å². The molecule has 0 radical (unpaired) electrons. The van der Waals surface area contributed by atoms with Crippen molar-refractivity contribution < 1.29 is 4.79 Å². The summed E-state index contributed by atoms with van der Waals surface area (Å²) in [5.41, 5.74) is 0.465. The minimum Gasteiger partial charge on any atom is -0.324 e. The van der Waals surface area contributed by atoms with Gasteiger partial charge < -0.3 is 5.32 Å². The summed E-state index contributed by atoms with van der Waals surface area (Å²) >= 11 is 19.2. The summed E-state index contributed by atoms with van der Waals surface area (Å²) in [5.74, 6) is -0.141. The molecule has 0 aliphatic carbocycles. The van der Waals surface area contributed by atoms with E-state index in [1.54, 1.807) is 6.07 Å². The van der Waals surface area contributed by atoms with Crippen molar-refractivity contribution in [1.82, 2.24) is 0 Å². The normalized spacial score (nSPS) is 10.4. The van der Waals surface area contributed by atoms with Gasteiger partial charge in [-0.2, -0.15) is 0 Å². The summed E-state index contributed by atoms with van der Waals surface area (Å²) in [7, 11) is 0. The molecule has 2 rings (SSSR count). The molecule has 2 aromatic rings. The Bertz CT molecular complexity index is 569. The highest BCUT2D eigenvalue weighted by molar-refractivity contribution is 7.10. The lowest BCUT2D eigenvalue weighted by molar-refractivity contribution is -0.115. The maximum Gasteiger partial charge on any atom is 0.229 e. The van der Waals surface area contributed by atoms with Crippen LogP contribution in [-0.4, -0.2) is 5.91 Å². The minimum absolute atomic E-state index is 0.141. The highest BCUT2D eigenvalue weighted by Gasteiger charge is 2.10. The van der Waals surface area contributed by atoms with Gasteiger partial charge in [-0.25, -0.2) is 0 Å². The Morgan fingerprint density at radius 2 is 1.89 bits per heavy atom. The van der Waals surface area contributed by atoms with Crippen molar-refractivity contribution in [2.75, 3.05) is 5.32 Å². The molecule has 94 valence electrons.